The summed E-state index contributed by atoms with van der Waals surface area (Å²) in [6.45, 7) is 2.81. The zero-order chi connectivity index (χ0) is 8.69. The van der Waals surface area contributed by atoms with E-state index in [1.54, 1.807) is 12.5 Å². The molecule has 5 heteroatoms. The molecular formula is C6H12BrNO2S. The summed E-state index contributed by atoms with van der Waals surface area (Å²) < 4.78 is 5.71. The Bertz CT molecular complexity index is 132. The molecule has 11 heavy (non-hydrogen) atoms. The summed E-state index contributed by atoms with van der Waals surface area (Å²) in [5.74, 6) is 0. The fraction of sp³-hybridized carbons (Fsp3) is 0.667. The van der Waals surface area contributed by atoms with Crippen molar-refractivity contribution >= 4 is 28.6 Å². The van der Waals surface area contributed by atoms with E-state index in [1.165, 1.54) is 5.06 Å². The summed E-state index contributed by atoms with van der Waals surface area (Å²) >= 11 is 7.15. The zero-order valence-corrected chi connectivity index (χ0v) is 9.06. The first-order chi connectivity index (χ1) is 5.22. The second-order valence-electron chi connectivity index (χ2n) is 1.69. The first kappa shape index (κ1) is 11.3. The third kappa shape index (κ3) is 5.55. The molecule has 0 aromatic heterocycles. The minimum absolute atomic E-state index is 0.254. The Balaban J connectivity index is 3.44. The maximum atomic E-state index is 5.08. The molecule has 0 amide bonds. The van der Waals surface area contributed by atoms with Crippen LogP contribution < -0.4 is 0 Å². The van der Waals surface area contributed by atoms with Gasteiger partial charge < -0.3 is 4.74 Å². The van der Waals surface area contributed by atoms with Gasteiger partial charge in [0.05, 0.1) is 0 Å². The summed E-state index contributed by atoms with van der Waals surface area (Å²) in [7, 11) is 1.76. The molecule has 3 nitrogen and oxygen atoms in total. The topological polar surface area (TPSA) is 21.7 Å². The van der Waals surface area contributed by atoms with Gasteiger partial charge in [-0.05, 0) is 22.9 Å². The van der Waals surface area contributed by atoms with Gasteiger partial charge in [-0.2, -0.15) is 0 Å². The van der Waals surface area contributed by atoms with Gasteiger partial charge in [-0.3, -0.25) is 0 Å². The minimum Gasteiger partial charge on any atom is -0.353 e. The van der Waals surface area contributed by atoms with E-state index in [2.05, 4.69) is 28.6 Å². The van der Waals surface area contributed by atoms with E-state index in [0.717, 1.165) is 4.61 Å². The van der Waals surface area contributed by atoms with Gasteiger partial charge in [-0.25, -0.2) is 9.90 Å². The van der Waals surface area contributed by atoms with Crippen LogP contribution in [0.2, 0.25) is 0 Å². The number of hydroxylamine groups is 2. The number of rotatable bonds is 5. The number of nitrogens with zero attached hydrogens (tertiary/aromatic N) is 1. The van der Waals surface area contributed by atoms with Crippen LogP contribution in [0.1, 0.15) is 6.92 Å². The van der Waals surface area contributed by atoms with Crippen LogP contribution in [0.15, 0.2) is 10.0 Å². The molecule has 0 heterocycles. The van der Waals surface area contributed by atoms with Crippen molar-refractivity contribution in [3.8, 4) is 0 Å². The molecule has 0 saturated carbocycles. The van der Waals surface area contributed by atoms with Gasteiger partial charge in [0, 0.05) is 19.1 Å². The van der Waals surface area contributed by atoms with E-state index in [-0.39, 0.29) is 6.79 Å². The molecule has 0 aliphatic rings. The van der Waals surface area contributed by atoms with Crippen molar-refractivity contribution in [3.63, 3.8) is 0 Å². The fourth-order valence-corrected chi connectivity index (χ4v) is 0.608. The second-order valence-corrected chi connectivity index (χ2v) is 2.76. The third-order valence-corrected chi connectivity index (χ3v) is 2.27. The summed E-state index contributed by atoms with van der Waals surface area (Å²) in [6.07, 6.45) is 0. The largest absolute Gasteiger partial charge is 0.353 e. The monoisotopic (exact) mass is 241 g/mol. The van der Waals surface area contributed by atoms with Crippen molar-refractivity contribution < 1.29 is 9.57 Å². The molecule has 0 aromatic rings. The van der Waals surface area contributed by atoms with Gasteiger partial charge in [0.1, 0.15) is 4.61 Å². The highest BCUT2D eigenvalue weighted by atomic mass is 79.9. The maximum Gasteiger partial charge on any atom is 0.173 e. The lowest BCUT2D eigenvalue weighted by Crippen LogP contribution is -2.17. The first-order valence-electron chi connectivity index (χ1n) is 3.16. The highest BCUT2D eigenvalue weighted by molar-refractivity contribution is 9.11. The van der Waals surface area contributed by atoms with E-state index in [1.807, 2.05) is 6.92 Å². The second kappa shape index (κ2) is 6.97. The first-order valence-corrected chi connectivity index (χ1v) is 4.47. The lowest BCUT2D eigenvalue weighted by molar-refractivity contribution is -0.185. The fourth-order valence-electron chi connectivity index (χ4n) is 0.343. The van der Waals surface area contributed by atoms with Crippen molar-refractivity contribution in [2.24, 2.45) is 0 Å². The molecule has 0 N–H and O–H groups in total. The molecule has 0 atom stereocenters. The Morgan fingerprint density at radius 3 is 2.82 bits per heavy atom. The summed E-state index contributed by atoms with van der Waals surface area (Å²) in [4.78, 5) is 5.08. The van der Waals surface area contributed by atoms with E-state index >= 15 is 0 Å². The molecule has 0 saturated heterocycles. The van der Waals surface area contributed by atoms with Gasteiger partial charge >= 0.3 is 0 Å². The highest BCUT2D eigenvalue weighted by Gasteiger charge is 1.98. The van der Waals surface area contributed by atoms with Crippen LogP contribution in [0.25, 0.3) is 0 Å². The average molecular weight is 242 g/mol. The molecular weight excluding hydrogens is 230 g/mol. The smallest absolute Gasteiger partial charge is 0.173 e. The van der Waals surface area contributed by atoms with Gasteiger partial charge in [-0.1, -0.05) is 0 Å². The number of thiol groups is 1. The SMILES string of the molecule is CCOCON(C)/C(Br)=C\S. The van der Waals surface area contributed by atoms with E-state index in [4.69, 9.17) is 9.57 Å². The molecule has 0 spiro atoms. The van der Waals surface area contributed by atoms with Crippen molar-refractivity contribution in [1.82, 2.24) is 5.06 Å². The van der Waals surface area contributed by atoms with Crippen molar-refractivity contribution in [2.75, 3.05) is 20.4 Å². The molecule has 0 aliphatic carbocycles. The average Bonchev–Trinajstić information content (AvgIpc) is 2.03. The molecule has 66 valence electrons. The summed E-state index contributed by atoms with van der Waals surface area (Å²) in [5.41, 5.74) is 0. The Kier molecular flexibility index (Phi) is 7.15. The van der Waals surface area contributed by atoms with Gasteiger partial charge in [0.15, 0.2) is 6.79 Å². The summed E-state index contributed by atoms with van der Waals surface area (Å²) in [6, 6.07) is 0. The molecule has 0 rings (SSSR count). The summed E-state index contributed by atoms with van der Waals surface area (Å²) in [5, 5.41) is 3.12. The molecule has 0 aromatic carbocycles. The van der Waals surface area contributed by atoms with E-state index in [9.17, 15) is 0 Å². The maximum absolute atomic E-state index is 5.08. The van der Waals surface area contributed by atoms with Crippen molar-refractivity contribution in [1.29, 1.82) is 0 Å². The molecule has 0 bridgehead atoms. The van der Waals surface area contributed by atoms with Crippen LogP contribution in [-0.4, -0.2) is 25.5 Å². The Morgan fingerprint density at radius 1 is 1.73 bits per heavy atom. The van der Waals surface area contributed by atoms with Crippen molar-refractivity contribution in [3.05, 3.63) is 10.0 Å². The van der Waals surface area contributed by atoms with Crippen molar-refractivity contribution in [2.45, 2.75) is 6.92 Å². The van der Waals surface area contributed by atoms with Gasteiger partial charge in [0.2, 0.25) is 0 Å². The van der Waals surface area contributed by atoms with E-state index in [0.29, 0.717) is 6.61 Å². The highest BCUT2D eigenvalue weighted by Crippen LogP contribution is 2.10. The predicted octanol–water partition coefficient (Wildman–Crippen LogP) is 1.97. The van der Waals surface area contributed by atoms with E-state index < -0.39 is 0 Å². The third-order valence-electron chi connectivity index (χ3n) is 0.941. The van der Waals surface area contributed by atoms with Crippen LogP contribution in [-0.2, 0) is 9.57 Å². The molecule has 0 fully saturated rings. The quantitative estimate of drug-likeness (QED) is 0.262. The number of hydrogen-bond acceptors (Lipinski definition) is 4. The Hall–Kier alpha value is 0.290. The normalized spacial score (nSPS) is 11.8. The van der Waals surface area contributed by atoms with Crippen LogP contribution >= 0.6 is 28.6 Å². The lowest BCUT2D eigenvalue weighted by Gasteiger charge is -2.16. The number of halogens is 1. The van der Waals surface area contributed by atoms with Crippen LogP contribution in [0.3, 0.4) is 0 Å². The van der Waals surface area contributed by atoms with Crippen LogP contribution in [0.4, 0.5) is 0 Å². The Labute approximate surface area is 80.8 Å². The number of ether oxygens (including phenoxy) is 1. The zero-order valence-electron chi connectivity index (χ0n) is 6.58. The Morgan fingerprint density at radius 2 is 2.36 bits per heavy atom. The number of hydrogen-bond donors (Lipinski definition) is 1. The minimum atomic E-state index is 0.254. The standard InChI is InChI=1S/C6H12BrNO2S/c1-3-9-5-10-8(2)6(7)4-11/h4,11H,3,5H2,1-2H3/b6-4-. The predicted molar refractivity (Wildman–Crippen MR) is 51.3 cm³/mol. The molecule has 0 radical (unpaired) electrons. The van der Waals surface area contributed by atoms with Gasteiger partial charge in [-0.15, -0.1) is 12.6 Å². The van der Waals surface area contributed by atoms with Crippen LogP contribution in [0.5, 0.6) is 0 Å². The van der Waals surface area contributed by atoms with Crippen LogP contribution in [0, 0.1) is 0 Å². The lowest BCUT2D eigenvalue weighted by atomic mass is 10.9. The van der Waals surface area contributed by atoms with Gasteiger partial charge in [0.25, 0.3) is 0 Å². The molecule has 0 unspecified atom stereocenters. The molecule has 0 aliphatic heterocycles.